The number of carbonyl (C=O) groups is 1. The van der Waals surface area contributed by atoms with Crippen LogP contribution in [-0.2, 0) is 6.42 Å². The number of nitrogens with zero attached hydrogens (tertiary/aromatic N) is 1. The largest absolute Gasteiger partial charge is 0.451 e. The molecule has 0 aliphatic rings. The average Bonchev–Trinajstić information content (AvgIpc) is 3.32. The maximum Gasteiger partial charge on any atom is 0.293 e. The summed E-state index contributed by atoms with van der Waals surface area (Å²) in [5, 5.41) is 3.29. The van der Waals surface area contributed by atoms with Gasteiger partial charge in [0.25, 0.3) is 5.91 Å². The maximum absolute atomic E-state index is 13.0. The van der Waals surface area contributed by atoms with Crippen LogP contribution in [0.4, 0.5) is 9.52 Å². The van der Waals surface area contributed by atoms with Crippen LogP contribution in [0.15, 0.2) is 71.3 Å². The van der Waals surface area contributed by atoms with Gasteiger partial charge in [0.05, 0.1) is 0 Å². The Balaban J connectivity index is 1.43. The number of anilines is 1. The van der Waals surface area contributed by atoms with E-state index >= 15 is 0 Å². The molecular formula is C22H17FN2O2S. The number of rotatable bonds is 5. The number of thiazole rings is 1. The molecule has 2 aromatic carbocycles. The number of benzene rings is 2. The van der Waals surface area contributed by atoms with E-state index in [9.17, 15) is 9.18 Å². The van der Waals surface area contributed by atoms with Crippen molar-refractivity contribution >= 4 is 22.4 Å². The lowest BCUT2D eigenvalue weighted by Crippen LogP contribution is -2.10. The maximum atomic E-state index is 13.0. The quantitative estimate of drug-likeness (QED) is 0.474. The molecule has 2 heterocycles. The molecule has 0 spiro atoms. The first-order chi connectivity index (χ1) is 13.6. The molecule has 4 nitrogen and oxygen atoms in total. The van der Waals surface area contributed by atoms with Gasteiger partial charge >= 0.3 is 0 Å². The highest BCUT2D eigenvalue weighted by molar-refractivity contribution is 7.15. The van der Waals surface area contributed by atoms with Crippen molar-refractivity contribution < 1.29 is 13.6 Å². The van der Waals surface area contributed by atoms with Crippen LogP contribution in [0, 0.1) is 12.7 Å². The van der Waals surface area contributed by atoms with Crippen LogP contribution in [0.2, 0.25) is 0 Å². The van der Waals surface area contributed by atoms with Crippen LogP contribution in [0.3, 0.4) is 0 Å². The Kier molecular flexibility index (Phi) is 5.04. The van der Waals surface area contributed by atoms with Gasteiger partial charge in [-0.3, -0.25) is 10.1 Å². The smallest absolute Gasteiger partial charge is 0.293 e. The second kappa shape index (κ2) is 7.78. The molecule has 0 atom stereocenters. The Morgan fingerprint density at radius 3 is 2.75 bits per heavy atom. The summed E-state index contributed by atoms with van der Waals surface area (Å²) in [6.45, 7) is 2.06. The third kappa shape index (κ3) is 4.18. The third-order valence-electron chi connectivity index (χ3n) is 4.19. The molecule has 1 amide bonds. The highest BCUT2D eigenvalue weighted by Crippen LogP contribution is 2.25. The van der Waals surface area contributed by atoms with Crippen LogP contribution in [0.1, 0.15) is 26.6 Å². The molecule has 0 fully saturated rings. The zero-order valence-corrected chi connectivity index (χ0v) is 15.9. The minimum Gasteiger partial charge on any atom is -0.451 e. The van der Waals surface area contributed by atoms with Gasteiger partial charge in [-0.05, 0) is 48.9 Å². The first-order valence-corrected chi connectivity index (χ1v) is 9.56. The molecule has 6 heteroatoms. The van der Waals surface area contributed by atoms with Crippen molar-refractivity contribution in [1.82, 2.24) is 4.98 Å². The summed E-state index contributed by atoms with van der Waals surface area (Å²) in [4.78, 5) is 17.8. The molecule has 0 unspecified atom stereocenters. The van der Waals surface area contributed by atoms with Gasteiger partial charge in [0.1, 0.15) is 11.6 Å². The molecular weight excluding hydrogens is 375 g/mol. The molecule has 2 aromatic heterocycles. The predicted octanol–water partition coefficient (Wildman–Crippen LogP) is 5.69. The lowest BCUT2D eigenvalue weighted by Gasteiger charge is -2.00. The van der Waals surface area contributed by atoms with Crippen LogP contribution >= 0.6 is 11.3 Å². The number of hydrogen-bond donors (Lipinski definition) is 1. The van der Waals surface area contributed by atoms with Gasteiger partial charge in [0.2, 0.25) is 0 Å². The minimum absolute atomic E-state index is 0.176. The predicted molar refractivity (Wildman–Crippen MR) is 108 cm³/mol. The Morgan fingerprint density at radius 2 is 1.96 bits per heavy atom. The number of carbonyl (C=O) groups excluding carboxylic acids is 1. The lowest BCUT2D eigenvalue weighted by molar-refractivity contribution is 0.0997. The summed E-state index contributed by atoms with van der Waals surface area (Å²) in [6.07, 6.45) is 2.54. The monoisotopic (exact) mass is 392 g/mol. The summed E-state index contributed by atoms with van der Waals surface area (Å²) in [7, 11) is 0. The lowest BCUT2D eigenvalue weighted by atomic mass is 10.1. The fraction of sp³-hybridized carbons (Fsp3) is 0.0909. The molecule has 0 aliphatic carbocycles. The Bertz CT molecular complexity index is 1120. The summed E-state index contributed by atoms with van der Waals surface area (Å²) in [6, 6.07) is 17.5. The van der Waals surface area contributed by atoms with Crippen molar-refractivity contribution in [2.75, 3.05) is 5.32 Å². The van der Waals surface area contributed by atoms with Crippen molar-refractivity contribution in [1.29, 1.82) is 0 Å². The van der Waals surface area contributed by atoms with E-state index in [0.717, 1.165) is 11.3 Å². The van der Waals surface area contributed by atoms with Crippen LogP contribution in [0.5, 0.6) is 0 Å². The summed E-state index contributed by atoms with van der Waals surface area (Å²) in [5.41, 5.74) is 3.12. The third-order valence-corrected chi connectivity index (χ3v) is 5.11. The van der Waals surface area contributed by atoms with Gasteiger partial charge < -0.3 is 4.42 Å². The van der Waals surface area contributed by atoms with Crippen molar-refractivity contribution in [3.05, 3.63) is 94.4 Å². The van der Waals surface area contributed by atoms with Crippen molar-refractivity contribution in [2.45, 2.75) is 13.3 Å². The highest BCUT2D eigenvalue weighted by atomic mass is 32.1. The second-order valence-corrected chi connectivity index (χ2v) is 7.54. The Labute approximate surface area is 165 Å². The molecule has 0 saturated heterocycles. The van der Waals surface area contributed by atoms with E-state index in [2.05, 4.69) is 35.4 Å². The van der Waals surface area contributed by atoms with Crippen molar-refractivity contribution in [2.24, 2.45) is 0 Å². The zero-order valence-electron chi connectivity index (χ0n) is 15.1. The van der Waals surface area contributed by atoms with Gasteiger partial charge in [0.15, 0.2) is 10.9 Å². The molecule has 0 aliphatic heterocycles. The molecule has 140 valence electrons. The molecule has 1 N–H and O–H groups in total. The summed E-state index contributed by atoms with van der Waals surface area (Å²) >= 11 is 1.43. The fourth-order valence-corrected chi connectivity index (χ4v) is 3.70. The number of nitrogens with one attached hydrogen (secondary N) is 1. The average molecular weight is 392 g/mol. The molecule has 4 aromatic rings. The first-order valence-electron chi connectivity index (χ1n) is 8.74. The van der Waals surface area contributed by atoms with E-state index in [-0.39, 0.29) is 17.5 Å². The number of hydrogen-bond acceptors (Lipinski definition) is 4. The standard InChI is InChI=1S/C22H17FN2O2S/c1-14-3-2-4-15(11-14)12-18-13-24-22(28-18)25-21(26)20-10-9-19(27-20)16-5-7-17(23)8-6-16/h2-11,13H,12H2,1H3,(H,24,25,26). The van der Waals surface area contributed by atoms with Gasteiger partial charge in [-0.25, -0.2) is 9.37 Å². The van der Waals surface area contributed by atoms with Crippen molar-refractivity contribution in [3.63, 3.8) is 0 Å². The topological polar surface area (TPSA) is 55.1 Å². The van der Waals surface area contributed by atoms with E-state index in [0.29, 0.717) is 16.5 Å². The number of amides is 1. The highest BCUT2D eigenvalue weighted by Gasteiger charge is 2.14. The van der Waals surface area contributed by atoms with E-state index in [4.69, 9.17) is 4.42 Å². The van der Waals surface area contributed by atoms with Crippen molar-refractivity contribution in [3.8, 4) is 11.3 Å². The zero-order chi connectivity index (χ0) is 19.5. The van der Waals surface area contributed by atoms with Gasteiger partial charge in [-0.1, -0.05) is 29.8 Å². The van der Waals surface area contributed by atoms with Gasteiger partial charge in [-0.2, -0.15) is 0 Å². The van der Waals surface area contributed by atoms with E-state index in [1.54, 1.807) is 30.5 Å². The number of halogens is 1. The minimum atomic E-state index is -0.371. The normalized spacial score (nSPS) is 10.8. The summed E-state index contributed by atoms with van der Waals surface area (Å²) in [5.74, 6) is -0.0116. The van der Waals surface area contributed by atoms with Crippen LogP contribution < -0.4 is 5.32 Å². The Hall–Kier alpha value is -3.25. The molecule has 0 saturated carbocycles. The van der Waals surface area contributed by atoms with E-state index in [1.807, 2.05) is 6.07 Å². The number of aromatic nitrogens is 1. The van der Waals surface area contributed by atoms with Crippen LogP contribution in [0.25, 0.3) is 11.3 Å². The molecule has 28 heavy (non-hydrogen) atoms. The molecule has 0 radical (unpaired) electrons. The first kappa shape index (κ1) is 18.1. The number of aryl methyl sites for hydroxylation is 1. The van der Waals surface area contributed by atoms with E-state index < -0.39 is 0 Å². The van der Waals surface area contributed by atoms with Gasteiger partial charge in [-0.15, -0.1) is 11.3 Å². The second-order valence-electron chi connectivity index (χ2n) is 6.42. The Morgan fingerprint density at radius 1 is 1.14 bits per heavy atom. The molecule has 4 rings (SSSR count). The van der Waals surface area contributed by atoms with Gasteiger partial charge in [0, 0.05) is 23.1 Å². The number of furan rings is 1. The SMILES string of the molecule is Cc1cccc(Cc2cnc(NC(=O)c3ccc(-c4ccc(F)cc4)o3)s2)c1. The van der Waals surface area contributed by atoms with Crippen LogP contribution in [-0.4, -0.2) is 10.9 Å². The van der Waals surface area contributed by atoms with E-state index in [1.165, 1.54) is 34.6 Å². The summed E-state index contributed by atoms with van der Waals surface area (Å²) < 4.78 is 18.6. The fourth-order valence-electron chi connectivity index (χ4n) is 2.86. The molecule has 0 bridgehead atoms.